The molecule has 0 fully saturated rings. The highest BCUT2D eigenvalue weighted by atomic mass is 35.5. The molecule has 144 valence electrons. The average Bonchev–Trinajstić information content (AvgIpc) is 3.02. The van der Waals surface area contributed by atoms with Crippen LogP contribution in [0.3, 0.4) is 0 Å². The van der Waals surface area contributed by atoms with Gasteiger partial charge in [-0.05, 0) is 24.1 Å². The highest BCUT2D eigenvalue weighted by Crippen LogP contribution is 2.21. The number of imidazole rings is 1. The summed E-state index contributed by atoms with van der Waals surface area (Å²) >= 11 is 5.95. The van der Waals surface area contributed by atoms with Gasteiger partial charge in [-0.3, -0.25) is 18.5 Å². The van der Waals surface area contributed by atoms with Crippen molar-refractivity contribution in [1.82, 2.24) is 18.7 Å². The van der Waals surface area contributed by atoms with Crippen LogP contribution in [-0.4, -0.2) is 37.0 Å². The molecule has 1 aromatic carbocycles. The van der Waals surface area contributed by atoms with Gasteiger partial charge in [-0.15, -0.1) is 0 Å². The maximum Gasteiger partial charge on any atom is 0.332 e. The van der Waals surface area contributed by atoms with Gasteiger partial charge in [0.05, 0.1) is 26.3 Å². The fourth-order valence-electron chi connectivity index (χ4n) is 2.87. The molecule has 0 unspecified atom stereocenters. The molecule has 0 amide bonds. The first kappa shape index (κ1) is 19.2. The van der Waals surface area contributed by atoms with Crippen molar-refractivity contribution < 1.29 is 9.84 Å². The van der Waals surface area contributed by atoms with E-state index in [0.717, 1.165) is 16.6 Å². The van der Waals surface area contributed by atoms with E-state index >= 15 is 0 Å². The minimum Gasteiger partial charge on any atom is -0.465 e. The molecular weight excluding hydrogens is 372 g/mol. The quantitative estimate of drug-likeness (QED) is 0.656. The van der Waals surface area contributed by atoms with Crippen molar-refractivity contribution in [3.05, 3.63) is 55.7 Å². The van der Waals surface area contributed by atoms with Crippen LogP contribution >= 0.6 is 11.6 Å². The van der Waals surface area contributed by atoms with Gasteiger partial charge in [0.15, 0.2) is 11.2 Å². The van der Waals surface area contributed by atoms with Gasteiger partial charge in [0.2, 0.25) is 0 Å². The molecule has 0 aliphatic rings. The molecule has 0 bridgehead atoms. The molecular formula is C18H21ClN4O4. The lowest BCUT2D eigenvalue weighted by Crippen LogP contribution is -2.40. The molecule has 0 saturated heterocycles. The predicted octanol–water partition coefficient (Wildman–Crippen LogP) is 1.38. The van der Waals surface area contributed by atoms with E-state index in [-0.39, 0.29) is 30.3 Å². The first-order valence-electron chi connectivity index (χ1n) is 8.66. The lowest BCUT2D eigenvalue weighted by atomic mass is 10.2. The van der Waals surface area contributed by atoms with Crippen LogP contribution in [0.25, 0.3) is 11.2 Å². The van der Waals surface area contributed by atoms with E-state index < -0.39 is 11.2 Å². The number of rotatable bonds is 7. The lowest BCUT2D eigenvalue weighted by Gasteiger charge is -2.11. The number of hydrogen-bond acceptors (Lipinski definition) is 5. The number of ether oxygens (including phenoxy) is 1. The molecule has 0 spiro atoms. The van der Waals surface area contributed by atoms with Crippen molar-refractivity contribution in [3.8, 4) is 6.01 Å². The number of fused-ring (bicyclic) bond motifs is 1. The summed E-state index contributed by atoms with van der Waals surface area (Å²) in [6.45, 7) is 2.34. The number of aliphatic hydroxyl groups excluding tert-OH is 1. The van der Waals surface area contributed by atoms with Gasteiger partial charge in [-0.2, -0.15) is 4.98 Å². The Morgan fingerprint density at radius 3 is 2.52 bits per heavy atom. The largest absolute Gasteiger partial charge is 0.465 e. The molecule has 0 radical (unpaired) electrons. The van der Waals surface area contributed by atoms with Gasteiger partial charge < -0.3 is 9.84 Å². The molecule has 27 heavy (non-hydrogen) atoms. The molecule has 3 rings (SSSR count). The number of halogens is 1. The molecule has 1 N–H and O–H groups in total. The van der Waals surface area contributed by atoms with Crippen LogP contribution in [0.2, 0.25) is 5.02 Å². The molecule has 9 heteroatoms. The van der Waals surface area contributed by atoms with Crippen molar-refractivity contribution >= 4 is 22.8 Å². The van der Waals surface area contributed by atoms with Crippen molar-refractivity contribution in [2.75, 3.05) is 13.2 Å². The number of aryl methyl sites for hydroxylation is 1. The average molecular weight is 393 g/mol. The number of benzene rings is 1. The van der Waals surface area contributed by atoms with Crippen molar-refractivity contribution in [1.29, 1.82) is 0 Å². The van der Waals surface area contributed by atoms with Crippen molar-refractivity contribution in [2.45, 2.75) is 26.4 Å². The Kier molecular flexibility index (Phi) is 5.67. The number of aromatic nitrogens is 4. The third-order valence-electron chi connectivity index (χ3n) is 4.21. The first-order chi connectivity index (χ1) is 13.0. The van der Waals surface area contributed by atoms with Crippen LogP contribution in [0.5, 0.6) is 6.01 Å². The smallest absolute Gasteiger partial charge is 0.332 e. The van der Waals surface area contributed by atoms with Crippen LogP contribution < -0.4 is 16.0 Å². The standard InChI is InChI=1S/C18H21ClN4O4/c1-3-10-27-17-20-15-14(16(25)22(8-9-24)18(26)21(15)2)23(17)11-12-4-6-13(19)7-5-12/h4-7,24H,3,8-11H2,1-2H3. The molecule has 0 aliphatic carbocycles. The number of aliphatic hydroxyl groups is 1. The van der Waals surface area contributed by atoms with Gasteiger partial charge >= 0.3 is 5.69 Å². The van der Waals surface area contributed by atoms with E-state index in [1.165, 1.54) is 4.57 Å². The second kappa shape index (κ2) is 7.98. The molecule has 8 nitrogen and oxygen atoms in total. The normalized spacial score (nSPS) is 11.3. The summed E-state index contributed by atoms with van der Waals surface area (Å²) in [5.41, 5.74) is 0.377. The Hall–Kier alpha value is -2.58. The second-order valence-electron chi connectivity index (χ2n) is 6.15. The Labute approximate surface area is 160 Å². The minimum absolute atomic E-state index is 0.0846. The fourth-order valence-corrected chi connectivity index (χ4v) is 3.00. The van der Waals surface area contributed by atoms with E-state index in [9.17, 15) is 14.7 Å². The van der Waals surface area contributed by atoms with E-state index in [4.69, 9.17) is 16.3 Å². The predicted molar refractivity (Wildman–Crippen MR) is 103 cm³/mol. The van der Waals surface area contributed by atoms with E-state index in [1.54, 1.807) is 23.7 Å². The summed E-state index contributed by atoms with van der Waals surface area (Å²) in [4.78, 5) is 29.8. The van der Waals surface area contributed by atoms with Crippen LogP contribution in [0.1, 0.15) is 18.9 Å². The van der Waals surface area contributed by atoms with Gasteiger partial charge in [0.1, 0.15) is 0 Å². The van der Waals surface area contributed by atoms with Gasteiger partial charge in [-0.25, -0.2) is 4.79 Å². The second-order valence-corrected chi connectivity index (χ2v) is 6.59. The zero-order valence-electron chi connectivity index (χ0n) is 15.2. The van der Waals surface area contributed by atoms with Crippen LogP contribution in [0, 0.1) is 0 Å². The maximum absolute atomic E-state index is 12.9. The Morgan fingerprint density at radius 2 is 1.89 bits per heavy atom. The van der Waals surface area contributed by atoms with E-state index in [1.807, 2.05) is 19.1 Å². The van der Waals surface area contributed by atoms with Gasteiger partial charge in [-0.1, -0.05) is 30.7 Å². The molecule has 0 saturated carbocycles. The highest BCUT2D eigenvalue weighted by Gasteiger charge is 2.21. The van der Waals surface area contributed by atoms with Crippen LogP contribution in [0.4, 0.5) is 0 Å². The maximum atomic E-state index is 12.9. The molecule has 0 atom stereocenters. The number of hydrogen-bond donors (Lipinski definition) is 1. The monoisotopic (exact) mass is 392 g/mol. The van der Waals surface area contributed by atoms with Crippen LogP contribution in [0.15, 0.2) is 33.9 Å². The van der Waals surface area contributed by atoms with Crippen LogP contribution in [-0.2, 0) is 20.1 Å². The minimum atomic E-state index is -0.528. The first-order valence-corrected chi connectivity index (χ1v) is 9.03. The third-order valence-corrected chi connectivity index (χ3v) is 4.46. The molecule has 2 aromatic heterocycles. The molecule has 2 heterocycles. The van der Waals surface area contributed by atoms with E-state index in [2.05, 4.69) is 4.98 Å². The summed E-state index contributed by atoms with van der Waals surface area (Å²) in [6, 6.07) is 7.51. The molecule has 0 aliphatic heterocycles. The van der Waals surface area contributed by atoms with Gasteiger partial charge in [0, 0.05) is 12.1 Å². The lowest BCUT2D eigenvalue weighted by molar-refractivity contribution is 0.270. The summed E-state index contributed by atoms with van der Waals surface area (Å²) in [5.74, 6) is 0. The van der Waals surface area contributed by atoms with Gasteiger partial charge in [0.25, 0.3) is 11.6 Å². The summed E-state index contributed by atoms with van der Waals surface area (Å²) in [6.07, 6.45) is 0.776. The molecule has 3 aromatic rings. The van der Waals surface area contributed by atoms with Crippen molar-refractivity contribution in [2.24, 2.45) is 7.05 Å². The zero-order chi connectivity index (χ0) is 19.6. The number of nitrogens with zero attached hydrogens (tertiary/aromatic N) is 4. The SMILES string of the molecule is CCCOc1nc2c(c(=O)n(CCO)c(=O)n2C)n1Cc1ccc(Cl)cc1. The van der Waals surface area contributed by atoms with E-state index in [0.29, 0.717) is 18.2 Å². The fraction of sp³-hybridized carbons (Fsp3) is 0.389. The topological polar surface area (TPSA) is 91.3 Å². The zero-order valence-corrected chi connectivity index (χ0v) is 15.9. The van der Waals surface area contributed by atoms with Crippen molar-refractivity contribution in [3.63, 3.8) is 0 Å². The summed E-state index contributed by atoms with van der Waals surface area (Å²) in [5, 5.41) is 9.83. The Bertz CT molecular complexity index is 1070. The Balaban J connectivity index is 2.25. The highest BCUT2D eigenvalue weighted by molar-refractivity contribution is 6.30. The summed E-state index contributed by atoms with van der Waals surface area (Å²) < 4.78 is 9.69. The summed E-state index contributed by atoms with van der Waals surface area (Å²) in [7, 11) is 1.54. The Morgan fingerprint density at radius 1 is 1.19 bits per heavy atom. The third kappa shape index (κ3) is 3.63.